The van der Waals surface area contributed by atoms with Crippen LogP contribution >= 0.6 is 0 Å². The Morgan fingerprint density at radius 3 is 2.44 bits per heavy atom. The molecule has 0 aliphatic heterocycles. The molecule has 0 aliphatic carbocycles. The van der Waals surface area contributed by atoms with E-state index in [0.29, 0.717) is 12.4 Å². The molecule has 0 bridgehead atoms. The van der Waals surface area contributed by atoms with Gasteiger partial charge in [-0.1, -0.05) is 18.2 Å². The normalized spacial score (nSPS) is 12.2. The Labute approximate surface area is 101 Å². The highest BCUT2D eigenvalue weighted by molar-refractivity contribution is 5.67. The topological polar surface area (TPSA) is 30.0 Å². The third-order valence-electron chi connectivity index (χ3n) is 2.51. The number of carbonyl (C=O) groups excluding carboxylic acids is 1. The highest BCUT2D eigenvalue weighted by atomic mass is 19.1. The van der Waals surface area contributed by atoms with Crippen molar-refractivity contribution in [1.82, 2.24) is 4.98 Å². The minimum absolute atomic E-state index is 0.00510. The summed E-state index contributed by atoms with van der Waals surface area (Å²) in [5.41, 5.74) is -0.290. The Hall–Kier alpha value is -2.17. The Balaban J connectivity index is 2.52. The smallest absolute Gasteiger partial charge is 0.148 e. The molecule has 1 unspecified atom stereocenters. The highest BCUT2D eigenvalue weighted by Crippen LogP contribution is 2.25. The fraction of sp³-hybridized carbons (Fsp3) is 0.0769. The van der Waals surface area contributed by atoms with Gasteiger partial charge in [0.1, 0.15) is 23.7 Å². The summed E-state index contributed by atoms with van der Waals surface area (Å²) >= 11 is 0. The van der Waals surface area contributed by atoms with Crippen molar-refractivity contribution >= 4 is 6.29 Å². The molecule has 2 rings (SSSR count). The molecule has 18 heavy (non-hydrogen) atoms. The van der Waals surface area contributed by atoms with E-state index in [-0.39, 0.29) is 11.3 Å². The molecule has 2 nitrogen and oxygen atoms in total. The standard InChI is InChI=1S/C13H8F3NO/c14-8-5-12(16)13(17-6-8)10(7-18)9-3-1-2-4-11(9)15/h1-7,10H. The van der Waals surface area contributed by atoms with Gasteiger partial charge in [-0.3, -0.25) is 4.98 Å². The maximum atomic E-state index is 13.5. The van der Waals surface area contributed by atoms with Gasteiger partial charge in [-0.05, 0) is 6.07 Å². The Bertz CT molecular complexity index is 586. The van der Waals surface area contributed by atoms with E-state index in [0.717, 1.165) is 12.3 Å². The summed E-state index contributed by atoms with van der Waals surface area (Å²) in [6.07, 6.45) is 1.16. The minimum atomic E-state index is -1.19. The van der Waals surface area contributed by atoms with E-state index in [1.807, 2.05) is 0 Å². The second kappa shape index (κ2) is 5.00. The first-order chi connectivity index (χ1) is 8.63. The van der Waals surface area contributed by atoms with Crippen LogP contribution in [0.4, 0.5) is 13.2 Å². The molecule has 2 aromatic rings. The maximum absolute atomic E-state index is 13.5. The Kier molecular flexibility index (Phi) is 3.41. The van der Waals surface area contributed by atoms with Crippen LogP contribution < -0.4 is 0 Å². The predicted octanol–water partition coefficient (Wildman–Crippen LogP) is 2.83. The minimum Gasteiger partial charge on any atom is -0.302 e. The molecular formula is C13H8F3NO. The molecule has 5 heteroatoms. The third kappa shape index (κ3) is 2.25. The second-order valence-electron chi connectivity index (χ2n) is 3.66. The number of pyridine rings is 1. The van der Waals surface area contributed by atoms with Crippen molar-refractivity contribution in [1.29, 1.82) is 0 Å². The van der Waals surface area contributed by atoms with Crippen LogP contribution in [0.15, 0.2) is 36.5 Å². The van der Waals surface area contributed by atoms with Gasteiger partial charge in [0, 0.05) is 11.6 Å². The van der Waals surface area contributed by atoms with Crippen LogP contribution in [0.2, 0.25) is 0 Å². The zero-order valence-corrected chi connectivity index (χ0v) is 9.11. The van der Waals surface area contributed by atoms with Gasteiger partial charge in [0.25, 0.3) is 0 Å². The van der Waals surface area contributed by atoms with Crippen molar-refractivity contribution in [3.8, 4) is 0 Å². The van der Waals surface area contributed by atoms with Gasteiger partial charge in [0.15, 0.2) is 0 Å². The summed E-state index contributed by atoms with van der Waals surface area (Å²) in [7, 11) is 0. The summed E-state index contributed by atoms with van der Waals surface area (Å²) in [4.78, 5) is 14.5. The summed E-state index contributed by atoms with van der Waals surface area (Å²) in [6, 6.07) is 6.11. The van der Waals surface area contributed by atoms with Crippen LogP contribution in [-0.4, -0.2) is 11.3 Å². The summed E-state index contributed by atoms with van der Waals surface area (Å²) < 4.78 is 39.8. The second-order valence-corrected chi connectivity index (χ2v) is 3.66. The van der Waals surface area contributed by atoms with E-state index in [9.17, 15) is 18.0 Å². The van der Waals surface area contributed by atoms with E-state index >= 15 is 0 Å². The van der Waals surface area contributed by atoms with Gasteiger partial charge in [-0.2, -0.15) is 0 Å². The van der Waals surface area contributed by atoms with Crippen LogP contribution in [0.25, 0.3) is 0 Å². The molecule has 0 N–H and O–H groups in total. The first kappa shape index (κ1) is 12.3. The van der Waals surface area contributed by atoms with Crippen LogP contribution in [0.3, 0.4) is 0 Å². The van der Waals surface area contributed by atoms with Crippen molar-refractivity contribution in [2.75, 3.05) is 0 Å². The summed E-state index contributed by atoms with van der Waals surface area (Å²) in [5.74, 6) is -3.66. The molecule has 0 radical (unpaired) electrons. The number of aromatic nitrogens is 1. The molecule has 92 valence electrons. The summed E-state index contributed by atoms with van der Waals surface area (Å²) in [5, 5.41) is 0. The number of aldehydes is 1. The Morgan fingerprint density at radius 1 is 1.11 bits per heavy atom. The maximum Gasteiger partial charge on any atom is 0.148 e. The van der Waals surface area contributed by atoms with E-state index in [4.69, 9.17) is 0 Å². The van der Waals surface area contributed by atoms with E-state index in [1.54, 1.807) is 0 Å². The van der Waals surface area contributed by atoms with Gasteiger partial charge in [0.2, 0.25) is 0 Å². The average molecular weight is 251 g/mol. The van der Waals surface area contributed by atoms with Gasteiger partial charge in [-0.15, -0.1) is 0 Å². The average Bonchev–Trinajstić information content (AvgIpc) is 2.34. The fourth-order valence-electron chi connectivity index (χ4n) is 1.67. The lowest BCUT2D eigenvalue weighted by molar-refractivity contribution is -0.108. The summed E-state index contributed by atoms with van der Waals surface area (Å²) in [6.45, 7) is 0. The first-order valence-corrected chi connectivity index (χ1v) is 5.14. The van der Waals surface area contributed by atoms with Crippen molar-refractivity contribution in [2.45, 2.75) is 5.92 Å². The van der Waals surface area contributed by atoms with Crippen molar-refractivity contribution < 1.29 is 18.0 Å². The van der Waals surface area contributed by atoms with Crippen molar-refractivity contribution in [3.63, 3.8) is 0 Å². The molecule has 1 atom stereocenters. The van der Waals surface area contributed by atoms with Gasteiger partial charge >= 0.3 is 0 Å². The largest absolute Gasteiger partial charge is 0.302 e. The zero-order chi connectivity index (χ0) is 13.1. The number of hydrogen-bond acceptors (Lipinski definition) is 2. The van der Waals surface area contributed by atoms with E-state index in [2.05, 4.69) is 4.98 Å². The van der Waals surface area contributed by atoms with Gasteiger partial charge < -0.3 is 4.79 Å². The van der Waals surface area contributed by atoms with Crippen LogP contribution in [0, 0.1) is 17.5 Å². The molecule has 1 aromatic heterocycles. The third-order valence-corrected chi connectivity index (χ3v) is 2.51. The lowest BCUT2D eigenvalue weighted by Crippen LogP contribution is -2.09. The van der Waals surface area contributed by atoms with E-state index in [1.165, 1.54) is 18.2 Å². The number of benzene rings is 1. The predicted molar refractivity (Wildman–Crippen MR) is 58.5 cm³/mol. The number of nitrogens with zero attached hydrogens (tertiary/aromatic N) is 1. The quantitative estimate of drug-likeness (QED) is 0.785. The lowest BCUT2D eigenvalue weighted by atomic mass is 9.96. The van der Waals surface area contributed by atoms with Crippen LogP contribution in [-0.2, 0) is 4.79 Å². The first-order valence-electron chi connectivity index (χ1n) is 5.14. The number of halogens is 3. The SMILES string of the molecule is O=CC(c1ccccc1F)c1ncc(F)cc1F. The Morgan fingerprint density at radius 2 is 1.83 bits per heavy atom. The molecular weight excluding hydrogens is 243 g/mol. The highest BCUT2D eigenvalue weighted by Gasteiger charge is 2.22. The molecule has 1 aromatic carbocycles. The molecule has 0 aliphatic rings. The molecule has 0 saturated heterocycles. The lowest BCUT2D eigenvalue weighted by Gasteiger charge is -2.11. The van der Waals surface area contributed by atoms with Crippen LogP contribution in [0.1, 0.15) is 17.2 Å². The molecule has 0 spiro atoms. The fourth-order valence-corrected chi connectivity index (χ4v) is 1.67. The zero-order valence-electron chi connectivity index (χ0n) is 9.11. The molecule has 0 fully saturated rings. The van der Waals surface area contributed by atoms with Gasteiger partial charge in [0.05, 0.1) is 17.8 Å². The molecule has 1 heterocycles. The van der Waals surface area contributed by atoms with Crippen molar-refractivity contribution in [2.24, 2.45) is 0 Å². The number of carbonyl (C=O) groups is 1. The van der Waals surface area contributed by atoms with E-state index < -0.39 is 23.4 Å². The number of hydrogen-bond donors (Lipinski definition) is 0. The number of rotatable bonds is 3. The molecule has 0 amide bonds. The van der Waals surface area contributed by atoms with Crippen molar-refractivity contribution in [3.05, 3.63) is 65.2 Å². The molecule has 0 saturated carbocycles. The van der Waals surface area contributed by atoms with Crippen LogP contribution in [0.5, 0.6) is 0 Å². The van der Waals surface area contributed by atoms with Gasteiger partial charge in [-0.25, -0.2) is 13.2 Å². The monoisotopic (exact) mass is 251 g/mol.